The second-order valence-corrected chi connectivity index (χ2v) is 10.5. The molecule has 0 aliphatic carbocycles. The minimum atomic E-state index is -3.81. The predicted octanol–water partition coefficient (Wildman–Crippen LogP) is 2.42. The summed E-state index contributed by atoms with van der Waals surface area (Å²) in [6.07, 6.45) is 0.825. The van der Waals surface area contributed by atoms with E-state index in [-0.39, 0.29) is 4.21 Å². The van der Waals surface area contributed by atoms with E-state index >= 15 is 0 Å². The fourth-order valence-electron chi connectivity index (χ4n) is 2.09. The number of sulfonamides is 1. The molecule has 0 spiro atoms. The Balaban J connectivity index is 1.92. The maximum Gasteiger partial charge on any atom is 0.279 e. The van der Waals surface area contributed by atoms with Gasteiger partial charge in [0.25, 0.3) is 21.8 Å². The van der Waals surface area contributed by atoms with Crippen LogP contribution in [-0.4, -0.2) is 38.1 Å². The first kappa shape index (κ1) is 20.8. The molecular formula is C15H18ClN3O4S3. The molecule has 2 aromatic heterocycles. The Hall–Kier alpha value is -1.46. The van der Waals surface area contributed by atoms with Gasteiger partial charge in [-0.1, -0.05) is 18.5 Å². The number of carbonyl (C=O) groups is 2. The van der Waals surface area contributed by atoms with Gasteiger partial charge in [-0.2, -0.15) is 4.31 Å². The van der Waals surface area contributed by atoms with Gasteiger partial charge in [0, 0.05) is 11.9 Å². The highest BCUT2D eigenvalue weighted by molar-refractivity contribution is 7.91. The molecule has 142 valence electrons. The van der Waals surface area contributed by atoms with Gasteiger partial charge in [-0.05, 0) is 37.1 Å². The molecular weight excluding hydrogens is 418 g/mol. The van der Waals surface area contributed by atoms with E-state index in [1.165, 1.54) is 30.5 Å². The van der Waals surface area contributed by atoms with Crippen molar-refractivity contribution in [3.63, 3.8) is 0 Å². The standard InChI is InChI=1S/C15H18ClN3O4S3/c1-4-10-9(2)7-11(24-10)15(21)18-17-13(20)8-19(3)26(22,23)14-6-5-12(16)25-14/h5-7H,4,8H2,1-3H3,(H,17,20)(H,18,21). The first-order chi connectivity index (χ1) is 12.1. The number of nitrogens with zero attached hydrogens (tertiary/aromatic N) is 1. The fourth-order valence-corrected chi connectivity index (χ4v) is 5.92. The molecule has 11 heteroatoms. The Labute approximate surface area is 165 Å². The molecule has 0 fully saturated rings. The van der Waals surface area contributed by atoms with Crippen LogP contribution < -0.4 is 10.9 Å². The number of carbonyl (C=O) groups excluding carboxylic acids is 2. The van der Waals surface area contributed by atoms with Crippen LogP contribution in [0.15, 0.2) is 22.4 Å². The van der Waals surface area contributed by atoms with Crippen molar-refractivity contribution < 1.29 is 18.0 Å². The Kier molecular flexibility index (Phi) is 6.80. The first-order valence-corrected chi connectivity index (χ1v) is 11.0. The van der Waals surface area contributed by atoms with Gasteiger partial charge >= 0.3 is 0 Å². The molecule has 2 amide bonds. The van der Waals surface area contributed by atoms with Crippen molar-refractivity contribution in [2.45, 2.75) is 24.5 Å². The molecule has 0 atom stereocenters. The third-order valence-electron chi connectivity index (χ3n) is 3.46. The van der Waals surface area contributed by atoms with Crippen LogP contribution in [0.3, 0.4) is 0 Å². The van der Waals surface area contributed by atoms with Gasteiger partial charge < -0.3 is 0 Å². The molecule has 0 bridgehead atoms. The summed E-state index contributed by atoms with van der Waals surface area (Å²) < 4.78 is 25.9. The molecule has 2 heterocycles. The molecule has 0 unspecified atom stereocenters. The summed E-state index contributed by atoms with van der Waals surface area (Å²) >= 11 is 8.02. The van der Waals surface area contributed by atoms with E-state index in [0.717, 1.165) is 32.5 Å². The largest absolute Gasteiger partial charge is 0.279 e. The van der Waals surface area contributed by atoms with Crippen molar-refractivity contribution in [3.8, 4) is 0 Å². The van der Waals surface area contributed by atoms with Crippen LogP contribution in [-0.2, 0) is 21.2 Å². The normalized spacial score (nSPS) is 11.6. The van der Waals surface area contributed by atoms with E-state index < -0.39 is 28.4 Å². The third-order valence-corrected chi connectivity index (χ3v) is 8.34. The van der Waals surface area contributed by atoms with Gasteiger partial charge in [-0.3, -0.25) is 20.4 Å². The second kappa shape index (κ2) is 8.49. The molecule has 0 aliphatic rings. The first-order valence-electron chi connectivity index (χ1n) is 7.55. The van der Waals surface area contributed by atoms with Crippen LogP contribution in [0.2, 0.25) is 4.34 Å². The third kappa shape index (κ3) is 4.83. The van der Waals surface area contributed by atoms with E-state index in [4.69, 9.17) is 11.6 Å². The zero-order valence-electron chi connectivity index (χ0n) is 14.3. The van der Waals surface area contributed by atoms with Crippen molar-refractivity contribution in [2.24, 2.45) is 0 Å². The quantitative estimate of drug-likeness (QED) is 0.681. The maximum atomic E-state index is 12.3. The zero-order chi connectivity index (χ0) is 19.5. The Bertz CT molecular complexity index is 920. The number of thiophene rings is 2. The summed E-state index contributed by atoms with van der Waals surface area (Å²) in [6.45, 7) is 3.47. The summed E-state index contributed by atoms with van der Waals surface area (Å²) in [7, 11) is -2.54. The van der Waals surface area contributed by atoms with Gasteiger partial charge in [0.2, 0.25) is 0 Å². The molecule has 0 aromatic carbocycles. The Morgan fingerprint density at radius 2 is 1.92 bits per heavy atom. The summed E-state index contributed by atoms with van der Waals surface area (Å²) in [5.41, 5.74) is 5.55. The topological polar surface area (TPSA) is 95.6 Å². The van der Waals surface area contributed by atoms with Crippen LogP contribution in [0, 0.1) is 6.92 Å². The number of hydrogen-bond donors (Lipinski definition) is 2. The predicted molar refractivity (Wildman–Crippen MR) is 103 cm³/mol. The summed E-state index contributed by atoms with van der Waals surface area (Å²) in [6, 6.07) is 4.60. The number of aryl methyl sites for hydroxylation is 2. The SMILES string of the molecule is CCc1sc(C(=O)NNC(=O)CN(C)S(=O)(=O)c2ccc(Cl)s2)cc1C. The molecule has 2 aromatic rings. The highest BCUT2D eigenvalue weighted by atomic mass is 35.5. The minimum Gasteiger partial charge on any atom is -0.272 e. The van der Waals surface area contributed by atoms with Crippen molar-refractivity contribution in [1.82, 2.24) is 15.2 Å². The van der Waals surface area contributed by atoms with Gasteiger partial charge in [-0.15, -0.1) is 22.7 Å². The number of amides is 2. The lowest BCUT2D eigenvalue weighted by Crippen LogP contribution is -2.46. The van der Waals surface area contributed by atoms with E-state index in [0.29, 0.717) is 9.21 Å². The van der Waals surface area contributed by atoms with Gasteiger partial charge in [0.15, 0.2) is 0 Å². The average Bonchev–Trinajstić information content (AvgIpc) is 3.18. The fraction of sp³-hybridized carbons (Fsp3) is 0.333. The highest BCUT2D eigenvalue weighted by Gasteiger charge is 2.25. The molecule has 26 heavy (non-hydrogen) atoms. The number of nitrogens with one attached hydrogen (secondary N) is 2. The Morgan fingerprint density at radius 3 is 2.46 bits per heavy atom. The number of hydrogen-bond acceptors (Lipinski definition) is 6. The lowest BCUT2D eigenvalue weighted by atomic mass is 10.2. The molecule has 0 aliphatic heterocycles. The van der Waals surface area contributed by atoms with Crippen LogP contribution in [0.4, 0.5) is 0 Å². The van der Waals surface area contributed by atoms with Crippen molar-refractivity contribution in [3.05, 3.63) is 37.9 Å². The summed E-state index contributed by atoms with van der Waals surface area (Å²) in [5, 5.41) is 0. The number of likely N-dealkylation sites (N-methyl/N-ethyl adjacent to an activating group) is 1. The lowest BCUT2D eigenvalue weighted by Gasteiger charge is -2.15. The number of rotatable bonds is 6. The lowest BCUT2D eigenvalue weighted by molar-refractivity contribution is -0.121. The molecule has 0 radical (unpaired) electrons. The molecule has 2 N–H and O–H groups in total. The van der Waals surface area contributed by atoms with Crippen LogP contribution in [0.1, 0.15) is 27.0 Å². The molecule has 2 rings (SSSR count). The zero-order valence-corrected chi connectivity index (χ0v) is 17.5. The van der Waals surface area contributed by atoms with E-state index in [9.17, 15) is 18.0 Å². The van der Waals surface area contributed by atoms with Crippen LogP contribution >= 0.6 is 34.3 Å². The molecule has 7 nitrogen and oxygen atoms in total. The molecule has 0 saturated carbocycles. The van der Waals surface area contributed by atoms with Crippen molar-refractivity contribution in [1.29, 1.82) is 0 Å². The van der Waals surface area contributed by atoms with Crippen molar-refractivity contribution in [2.75, 3.05) is 13.6 Å². The Morgan fingerprint density at radius 1 is 1.23 bits per heavy atom. The minimum absolute atomic E-state index is 0.0444. The van der Waals surface area contributed by atoms with Crippen LogP contribution in [0.25, 0.3) is 0 Å². The van der Waals surface area contributed by atoms with Gasteiger partial charge in [0.05, 0.1) is 15.8 Å². The van der Waals surface area contributed by atoms with E-state index in [1.54, 1.807) is 6.07 Å². The summed E-state index contributed by atoms with van der Waals surface area (Å²) in [5.74, 6) is -1.10. The van der Waals surface area contributed by atoms with E-state index in [2.05, 4.69) is 10.9 Å². The number of halogens is 1. The summed E-state index contributed by atoms with van der Waals surface area (Å²) in [4.78, 5) is 25.6. The highest BCUT2D eigenvalue weighted by Crippen LogP contribution is 2.27. The second-order valence-electron chi connectivity index (χ2n) is 5.39. The smallest absolute Gasteiger partial charge is 0.272 e. The van der Waals surface area contributed by atoms with E-state index in [1.807, 2.05) is 13.8 Å². The monoisotopic (exact) mass is 435 g/mol. The molecule has 0 saturated heterocycles. The number of hydrazine groups is 1. The van der Waals surface area contributed by atoms with Crippen molar-refractivity contribution >= 4 is 56.1 Å². The van der Waals surface area contributed by atoms with Gasteiger partial charge in [0.1, 0.15) is 4.21 Å². The maximum absolute atomic E-state index is 12.3. The van der Waals surface area contributed by atoms with Gasteiger partial charge in [-0.25, -0.2) is 8.42 Å². The van der Waals surface area contributed by atoms with Crippen LogP contribution in [0.5, 0.6) is 0 Å². The average molecular weight is 436 g/mol.